The number of nitrogens with zero attached hydrogens (tertiary/aromatic N) is 1. The largest absolute Gasteiger partial charge is 0.409 e. The number of halogens is 1. The first-order chi connectivity index (χ1) is 9.19. The van der Waals surface area contributed by atoms with E-state index in [-0.39, 0.29) is 5.84 Å². The minimum absolute atomic E-state index is 0.132. The maximum Gasteiger partial charge on any atom is 0.170 e. The lowest BCUT2D eigenvalue weighted by Crippen LogP contribution is -2.12. The Morgan fingerprint density at radius 1 is 1.11 bits per heavy atom. The summed E-state index contributed by atoms with van der Waals surface area (Å²) in [5, 5.41) is 11.6. The van der Waals surface area contributed by atoms with Crippen molar-refractivity contribution in [1.29, 1.82) is 0 Å². The van der Waals surface area contributed by atoms with Crippen LogP contribution in [0.1, 0.15) is 11.1 Å². The van der Waals surface area contributed by atoms with Crippen LogP contribution in [0.5, 0.6) is 0 Å². The molecule has 0 aliphatic heterocycles. The number of oxime groups is 1. The molecule has 2 aromatic rings. The zero-order valence-corrected chi connectivity index (χ0v) is 12.5. The fourth-order valence-electron chi connectivity index (χ4n) is 1.53. The number of amidine groups is 1. The summed E-state index contributed by atoms with van der Waals surface area (Å²) < 4.78 is 1.08. The van der Waals surface area contributed by atoms with Crippen molar-refractivity contribution in [3.05, 3.63) is 64.1 Å². The molecule has 0 fully saturated rings. The Morgan fingerprint density at radius 3 is 2.32 bits per heavy atom. The highest BCUT2D eigenvalue weighted by Gasteiger charge is 2.00. The van der Waals surface area contributed by atoms with Gasteiger partial charge in [-0.25, -0.2) is 0 Å². The minimum atomic E-state index is 0.132. The van der Waals surface area contributed by atoms with Gasteiger partial charge in [-0.3, -0.25) is 0 Å². The van der Waals surface area contributed by atoms with Crippen LogP contribution in [0, 0.1) is 0 Å². The number of hydrogen-bond donors (Lipinski definition) is 2. The van der Waals surface area contributed by atoms with Gasteiger partial charge in [0, 0.05) is 20.7 Å². The molecular formula is C14H13BrN2OS. The summed E-state index contributed by atoms with van der Waals surface area (Å²) in [6, 6.07) is 15.9. The molecule has 98 valence electrons. The molecule has 0 aromatic heterocycles. The van der Waals surface area contributed by atoms with Crippen molar-refractivity contribution in [2.75, 3.05) is 0 Å². The summed E-state index contributed by atoms with van der Waals surface area (Å²) >= 11 is 5.19. The van der Waals surface area contributed by atoms with Crippen LogP contribution < -0.4 is 5.73 Å². The smallest absolute Gasteiger partial charge is 0.170 e. The van der Waals surface area contributed by atoms with Gasteiger partial charge in [-0.05, 0) is 29.8 Å². The molecule has 0 heterocycles. The normalized spacial score (nSPS) is 11.5. The Morgan fingerprint density at radius 2 is 1.74 bits per heavy atom. The van der Waals surface area contributed by atoms with Gasteiger partial charge in [0.15, 0.2) is 5.84 Å². The van der Waals surface area contributed by atoms with Crippen LogP contribution in [-0.4, -0.2) is 11.0 Å². The Hall–Kier alpha value is -1.46. The van der Waals surface area contributed by atoms with E-state index in [2.05, 4.69) is 33.2 Å². The van der Waals surface area contributed by atoms with Crippen LogP contribution in [0.3, 0.4) is 0 Å². The average Bonchev–Trinajstić information content (AvgIpc) is 2.46. The molecule has 19 heavy (non-hydrogen) atoms. The van der Waals surface area contributed by atoms with Gasteiger partial charge >= 0.3 is 0 Å². The quantitative estimate of drug-likeness (QED) is 0.293. The van der Waals surface area contributed by atoms with E-state index in [9.17, 15) is 0 Å². The summed E-state index contributed by atoms with van der Waals surface area (Å²) in [6.07, 6.45) is 0. The molecule has 0 aliphatic rings. The molecular weight excluding hydrogens is 324 g/mol. The molecule has 5 heteroatoms. The number of hydrogen-bond acceptors (Lipinski definition) is 3. The number of nitrogens with two attached hydrogens (primary N) is 1. The van der Waals surface area contributed by atoms with E-state index in [0.717, 1.165) is 15.8 Å². The van der Waals surface area contributed by atoms with E-state index in [1.54, 1.807) is 11.8 Å². The van der Waals surface area contributed by atoms with Crippen molar-refractivity contribution < 1.29 is 5.21 Å². The Kier molecular flexibility index (Phi) is 4.87. The van der Waals surface area contributed by atoms with Crippen LogP contribution in [0.25, 0.3) is 0 Å². The molecule has 3 nitrogen and oxygen atoms in total. The summed E-state index contributed by atoms with van der Waals surface area (Å²) in [5.41, 5.74) is 7.43. The fourth-order valence-corrected chi connectivity index (χ4v) is 2.65. The Balaban J connectivity index is 1.98. The SMILES string of the molecule is N/C(=N\O)c1ccc(CSc2ccc(Br)cc2)cc1. The second-order valence-corrected chi connectivity index (χ2v) is 5.89. The number of rotatable bonds is 4. The molecule has 2 rings (SSSR count). The monoisotopic (exact) mass is 336 g/mol. The molecule has 3 N–H and O–H groups in total. The predicted molar refractivity (Wildman–Crippen MR) is 82.7 cm³/mol. The number of thioether (sulfide) groups is 1. The summed E-state index contributed by atoms with van der Waals surface area (Å²) in [6.45, 7) is 0. The Labute approximate surface area is 124 Å². The highest BCUT2D eigenvalue weighted by molar-refractivity contribution is 9.10. The lowest BCUT2D eigenvalue weighted by Gasteiger charge is -2.04. The first-order valence-electron chi connectivity index (χ1n) is 5.64. The maximum absolute atomic E-state index is 8.59. The van der Waals surface area contributed by atoms with E-state index in [4.69, 9.17) is 10.9 Å². The molecule has 0 saturated carbocycles. The standard InChI is InChI=1S/C14H13BrN2OS/c15-12-5-7-13(8-6-12)19-9-10-1-3-11(4-2-10)14(16)17-18/h1-8,18H,9H2,(H2,16,17). The first-order valence-corrected chi connectivity index (χ1v) is 7.42. The summed E-state index contributed by atoms with van der Waals surface area (Å²) in [4.78, 5) is 1.23. The van der Waals surface area contributed by atoms with E-state index in [1.165, 1.54) is 10.5 Å². The molecule has 0 saturated heterocycles. The third-order valence-electron chi connectivity index (χ3n) is 2.58. The molecule has 0 spiro atoms. The second-order valence-electron chi connectivity index (χ2n) is 3.92. The zero-order chi connectivity index (χ0) is 13.7. The highest BCUT2D eigenvalue weighted by Crippen LogP contribution is 2.24. The van der Waals surface area contributed by atoms with Crippen LogP contribution in [0.15, 0.2) is 63.1 Å². The van der Waals surface area contributed by atoms with Gasteiger partial charge in [0.2, 0.25) is 0 Å². The van der Waals surface area contributed by atoms with Gasteiger partial charge in [-0.15, -0.1) is 11.8 Å². The molecule has 0 aliphatic carbocycles. The lowest BCUT2D eigenvalue weighted by atomic mass is 10.1. The van der Waals surface area contributed by atoms with Crippen molar-refractivity contribution in [1.82, 2.24) is 0 Å². The third-order valence-corrected chi connectivity index (χ3v) is 4.19. The fraction of sp³-hybridized carbons (Fsp3) is 0.0714. The van der Waals surface area contributed by atoms with Crippen LogP contribution >= 0.6 is 27.7 Å². The van der Waals surface area contributed by atoms with Crippen molar-refractivity contribution in [3.8, 4) is 0 Å². The van der Waals surface area contributed by atoms with Crippen molar-refractivity contribution >= 4 is 33.5 Å². The first kappa shape index (κ1) is 14.0. The van der Waals surface area contributed by atoms with Gasteiger partial charge in [0.05, 0.1) is 0 Å². The molecule has 0 amide bonds. The van der Waals surface area contributed by atoms with Gasteiger partial charge in [-0.1, -0.05) is 45.4 Å². The van der Waals surface area contributed by atoms with E-state index < -0.39 is 0 Å². The molecule has 0 radical (unpaired) electrons. The molecule has 2 aromatic carbocycles. The zero-order valence-electron chi connectivity index (χ0n) is 10.1. The van der Waals surface area contributed by atoms with Crippen molar-refractivity contribution in [2.24, 2.45) is 10.9 Å². The van der Waals surface area contributed by atoms with Crippen molar-refractivity contribution in [2.45, 2.75) is 10.6 Å². The highest BCUT2D eigenvalue weighted by atomic mass is 79.9. The van der Waals surface area contributed by atoms with E-state index >= 15 is 0 Å². The van der Waals surface area contributed by atoms with Crippen LogP contribution in [0.2, 0.25) is 0 Å². The third kappa shape index (κ3) is 4.01. The lowest BCUT2D eigenvalue weighted by molar-refractivity contribution is 0.318. The molecule has 0 bridgehead atoms. The topological polar surface area (TPSA) is 58.6 Å². The maximum atomic E-state index is 8.59. The van der Waals surface area contributed by atoms with Crippen LogP contribution in [0.4, 0.5) is 0 Å². The molecule has 0 atom stereocenters. The average molecular weight is 337 g/mol. The minimum Gasteiger partial charge on any atom is -0.409 e. The van der Waals surface area contributed by atoms with Crippen molar-refractivity contribution in [3.63, 3.8) is 0 Å². The number of benzene rings is 2. The van der Waals surface area contributed by atoms with Gasteiger partial charge in [-0.2, -0.15) is 0 Å². The van der Waals surface area contributed by atoms with Crippen LogP contribution in [-0.2, 0) is 5.75 Å². The van der Waals surface area contributed by atoms with Gasteiger partial charge < -0.3 is 10.9 Å². The summed E-state index contributed by atoms with van der Waals surface area (Å²) in [7, 11) is 0. The van der Waals surface area contributed by atoms with Gasteiger partial charge in [0.1, 0.15) is 0 Å². The second kappa shape index (κ2) is 6.63. The molecule has 0 unspecified atom stereocenters. The van der Waals surface area contributed by atoms with Gasteiger partial charge in [0.25, 0.3) is 0 Å². The Bertz CT molecular complexity index is 567. The van der Waals surface area contributed by atoms with E-state index in [1.807, 2.05) is 36.4 Å². The predicted octanol–water partition coefficient (Wildman–Crippen LogP) is 3.84. The van der Waals surface area contributed by atoms with E-state index in [0.29, 0.717) is 0 Å². The summed E-state index contributed by atoms with van der Waals surface area (Å²) in [5.74, 6) is 1.02.